The SMILES string of the molecule is CCOc1cc(N2CCOCC2)c(OCC)cc1NC(=O)COC(=O)c1cccc(C)c1. The Balaban J connectivity index is 1.74. The fourth-order valence-electron chi connectivity index (χ4n) is 3.42. The molecule has 8 nitrogen and oxygen atoms in total. The van der Waals surface area contributed by atoms with E-state index < -0.39 is 18.5 Å². The number of morpholine rings is 1. The van der Waals surface area contributed by atoms with Gasteiger partial charge in [-0.1, -0.05) is 17.7 Å². The standard InChI is InChI=1S/C24H30N2O6/c1-4-30-21-15-20(26-9-11-29-12-10-26)22(31-5-2)14-19(21)25-23(27)16-32-24(28)18-8-6-7-17(3)13-18/h6-8,13-15H,4-5,9-12,16H2,1-3H3,(H,25,27). The maximum atomic E-state index is 12.5. The van der Waals surface area contributed by atoms with Crippen LogP contribution in [0.5, 0.6) is 11.5 Å². The number of nitrogens with zero attached hydrogens (tertiary/aromatic N) is 1. The summed E-state index contributed by atoms with van der Waals surface area (Å²) in [7, 11) is 0. The van der Waals surface area contributed by atoms with Crippen molar-refractivity contribution in [2.24, 2.45) is 0 Å². The lowest BCUT2D eigenvalue weighted by atomic mass is 10.1. The lowest BCUT2D eigenvalue weighted by Crippen LogP contribution is -2.36. The Labute approximate surface area is 188 Å². The first-order chi connectivity index (χ1) is 15.5. The van der Waals surface area contributed by atoms with Crippen LogP contribution in [0.15, 0.2) is 36.4 Å². The predicted molar refractivity (Wildman–Crippen MR) is 122 cm³/mol. The van der Waals surface area contributed by atoms with Crippen LogP contribution in [0.2, 0.25) is 0 Å². The quantitative estimate of drug-likeness (QED) is 0.596. The van der Waals surface area contributed by atoms with Gasteiger partial charge < -0.3 is 29.2 Å². The number of hydrogen-bond acceptors (Lipinski definition) is 7. The number of aryl methyl sites for hydroxylation is 1. The normalized spacial score (nSPS) is 13.4. The summed E-state index contributed by atoms with van der Waals surface area (Å²) in [6.07, 6.45) is 0. The second kappa shape index (κ2) is 11.4. The van der Waals surface area contributed by atoms with E-state index in [1.807, 2.05) is 32.9 Å². The van der Waals surface area contributed by atoms with E-state index in [-0.39, 0.29) is 0 Å². The molecule has 0 radical (unpaired) electrons. The van der Waals surface area contributed by atoms with E-state index in [1.54, 1.807) is 24.3 Å². The molecule has 0 spiro atoms. The molecular formula is C24H30N2O6. The lowest BCUT2D eigenvalue weighted by Gasteiger charge is -2.31. The molecule has 0 aromatic heterocycles. The molecule has 1 heterocycles. The third kappa shape index (κ3) is 6.13. The van der Waals surface area contributed by atoms with Gasteiger partial charge in [0.15, 0.2) is 6.61 Å². The Morgan fingerprint density at radius 2 is 1.75 bits per heavy atom. The number of benzene rings is 2. The third-order valence-corrected chi connectivity index (χ3v) is 4.87. The van der Waals surface area contributed by atoms with Gasteiger partial charge in [-0.2, -0.15) is 0 Å². The van der Waals surface area contributed by atoms with Crippen molar-refractivity contribution in [1.82, 2.24) is 0 Å². The summed E-state index contributed by atoms with van der Waals surface area (Å²) in [6.45, 7) is 8.93. The lowest BCUT2D eigenvalue weighted by molar-refractivity contribution is -0.119. The van der Waals surface area contributed by atoms with E-state index in [2.05, 4.69) is 10.2 Å². The van der Waals surface area contributed by atoms with Crippen molar-refractivity contribution in [1.29, 1.82) is 0 Å². The molecule has 1 N–H and O–H groups in total. The number of carbonyl (C=O) groups is 2. The molecule has 1 fully saturated rings. The summed E-state index contributed by atoms with van der Waals surface area (Å²) < 4.78 is 22.2. The first kappa shape index (κ1) is 23.4. The fraction of sp³-hybridized carbons (Fsp3) is 0.417. The second-order valence-electron chi connectivity index (χ2n) is 7.28. The van der Waals surface area contributed by atoms with Gasteiger partial charge in [0.25, 0.3) is 5.91 Å². The molecule has 3 rings (SSSR count). The molecular weight excluding hydrogens is 412 g/mol. The van der Waals surface area contributed by atoms with Gasteiger partial charge in [0.05, 0.1) is 43.4 Å². The molecule has 1 saturated heterocycles. The van der Waals surface area contributed by atoms with Crippen molar-refractivity contribution in [2.45, 2.75) is 20.8 Å². The summed E-state index contributed by atoms with van der Waals surface area (Å²) in [4.78, 5) is 26.9. The largest absolute Gasteiger partial charge is 0.492 e. The predicted octanol–water partition coefficient (Wildman–Crippen LogP) is 3.42. The summed E-state index contributed by atoms with van der Waals surface area (Å²) in [5.41, 5.74) is 2.70. The Morgan fingerprint density at radius 1 is 1.03 bits per heavy atom. The van der Waals surface area contributed by atoms with Crippen LogP contribution in [0.1, 0.15) is 29.8 Å². The summed E-state index contributed by atoms with van der Waals surface area (Å²) in [5.74, 6) is 0.154. The van der Waals surface area contributed by atoms with Crippen LogP contribution in [0.4, 0.5) is 11.4 Å². The van der Waals surface area contributed by atoms with Gasteiger partial charge in [-0.3, -0.25) is 4.79 Å². The first-order valence-corrected chi connectivity index (χ1v) is 10.8. The van der Waals surface area contributed by atoms with Crippen molar-refractivity contribution in [2.75, 3.05) is 56.3 Å². The third-order valence-electron chi connectivity index (χ3n) is 4.87. The van der Waals surface area contributed by atoms with Gasteiger partial charge in [0.1, 0.15) is 11.5 Å². The van der Waals surface area contributed by atoms with Crippen LogP contribution < -0.4 is 19.7 Å². The van der Waals surface area contributed by atoms with Gasteiger partial charge in [-0.05, 0) is 32.9 Å². The van der Waals surface area contributed by atoms with Crippen LogP contribution in [0, 0.1) is 6.92 Å². The van der Waals surface area contributed by atoms with Crippen molar-refractivity contribution in [3.63, 3.8) is 0 Å². The molecule has 0 bridgehead atoms. The molecule has 1 aliphatic rings. The number of rotatable bonds is 9. The Bertz CT molecular complexity index is 940. The molecule has 172 valence electrons. The topological polar surface area (TPSA) is 86.3 Å². The molecule has 2 aromatic rings. The molecule has 0 saturated carbocycles. The summed E-state index contributed by atoms with van der Waals surface area (Å²) in [6, 6.07) is 10.6. The molecule has 0 unspecified atom stereocenters. The minimum absolute atomic E-state index is 0.404. The molecule has 1 aliphatic heterocycles. The van der Waals surface area contributed by atoms with Crippen molar-refractivity contribution in [3.8, 4) is 11.5 Å². The number of carbonyl (C=O) groups excluding carboxylic acids is 2. The number of hydrogen-bond donors (Lipinski definition) is 1. The number of esters is 1. The highest BCUT2D eigenvalue weighted by Crippen LogP contribution is 2.39. The van der Waals surface area contributed by atoms with Crippen molar-refractivity contribution >= 4 is 23.3 Å². The van der Waals surface area contributed by atoms with Gasteiger partial charge >= 0.3 is 5.97 Å². The maximum absolute atomic E-state index is 12.5. The average Bonchev–Trinajstić information content (AvgIpc) is 2.80. The van der Waals surface area contributed by atoms with E-state index in [1.165, 1.54) is 0 Å². The number of amides is 1. The Hall–Kier alpha value is -3.26. The number of ether oxygens (including phenoxy) is 4. The first-order valence-electron chi connectivity index (χ1n) is 10.8. The zero-order valence-corrected chi connectivity index (χ0v) is 18.8. The van der Waals surface area contributed by atoms with Crippen molar-refractivity contribution in [3.05, 3.63) is 47.5 Å². The van der Waals surface area contributed by atoms with Gasteiger partial charge in [0.2, 0.25) is 0 Å². The number of nitrogens with one attached hydrogen (secondary N) is 1. The molecule has 0 aliphatic carbocycles. The van der Waals surface area contributed by atoms with E-state index >= 15 is 0 Å². The van der Waals surface area contributed by atoms with Crippen LogP contribution in [-0.2, 0) is 14.3 Å². The summed E-state index contributed by atoms with van der Waals surface area (Å²) in [5, 5.41) is 2.78. The fourth-order valence-corrected chi connectivity index (χ4v) is 3.42. The smallest absolute Gasteiger partial charge is 0.338 e. The van der Waals surface area contributed by atoms with Gasteiger partial charge in [-0.15, -0.1) is 0 Å². The van der Waals surface area contributed by atoms with Crippen LogP contribution in [-0.4, -0.2) is 58.0 Å². The van der Waals surface area contributed by atoms with E-state index in [0.29, 0.717) is 49.2 Å². The highest BCUT2D eigenvalue weighted by Gasteiger charge is 2.21. The average molecular weight is 443 g/mol. The zero-order valence-electron chi connectivity index (χ0n) is 18.8. The molecule has 0 atom stereocenters. The highest BCUT2D eigenvalue weighted by molar-refractivity contribution is 5.97. The minimum atomic E-state index is -0.549. The minimum Gasteiger partial charge on any atom is -0.492 e. The monoisotopic (exact) mass is 442 g/mol. The van der Waals surface area contributed by atoms with E-state index in [9.17, 15) is 9.59 Å². The molecule has 2 aromatic carbocycles. The van der Waals surface area contributed by atoms with Crippen LogP contribution >= 0.6 is 0 Å². The number of anilines is 2. The highest BCUT2D eigenvalue weighted by atomic mass is 16.5. The van der Waals surface area contributed by atoms with E-state index in [0.717, 1.165) is 24.3 Å². The Kier molecular flexibility index (Phi) is 8.33. The maximum Gasteiger partial charge on any atom is 0.338 e. The molecule has 32 heavy (non-hydrogen) atoms. The van der Waals surface area contributed by atoms with Crippen LogP contribution in [0.3, 0.4) is 0 Å². The van der Waals surface area contributed by atoms with Crippen LogP contribution in [0.25, 0.3) is 0 Å². The molecule has 1 amide bonds. The van der Waals surface area contributed by atoms with Crippen molar-refractivity contribution < 1.29 is 28.5 Å². The zero-order chi connectivity index (χ0) is 22.9. The van der Waals surface area contributed by atoms with Gasteiger partial charge in [0, 0.05) is 25.2 Å². The van der Waals surface area contributed by atoms with Gasteiger partial charge in [-0.25, -0.2) is 4.79 Å². The summed E-state index contributed by atoms with van der Waals surface area (Å²) >= 11 is 0. The van der Waals surface area contributed by atoms with E-state index in [4.69, 9.17) is 18.9 Å². The second-order valence-corrected chi connectivity index (χ2v) is 7.28. The molecule has 8 heteroatoms. The Morgan fingerprint density at radius 3 is 2.44 bits per heavy atom.